The lowest BCUT2D eigenvalue weighted by Crippen LogP contribution is -2.56. The van der Waals surface area contributed by atoms with Gasteiger partial charge in [-0.25, -0.2) is 0 Å². The van der Waals surface area contributed by atoms with Gasteiger partial charge in [0.2, 0.25) is 11.8 Å². The molecule has 0 aromatic carbocycles. The van der Waals surface area contributed by atoms with Crippen molar-refractivity contribution in [1.82, 2.24) is 15.5 Å². The number of ether oxygens (including phenoxy) is 1. The lowest BCUT2D eigenvalue weighted by Gasteiger charge is -2.32. The fraction of sp³-hybridized carbons (Fsp3) is 0.714. The topological polar surface area (TPSA) is 70.7 Å². The van der Waals surface area contributed by atoms with Crippen molar-refractivity contribution in [2.75, 3.05) is 32.8 Å². The molecular weight excluding hydrogens is 258 g/mol. The van der Waals surface area contributed by atoms with Crippen LogP contribution in [0.2, 0.25) is 0 Å². The predicted octanol–water partition coefficient (Wildman–Crippen LogP) is -0.342. The second-order valence-corrected chi connectivity index (χ2v) is 5.22. The summed E-state index contributed by atoms with van der Waals surface area (Å²) >= 11 is 0. The molecule has 0 spiro atoms. The molecule has 2 N–H and O–H groups in total. The minimum Gasteiger partial charge on any atom is -0.376 e. The van der Waals surface area contributed by atoms with Crippen LogP contribution >= 0.6 is 0 Å². The maximum atomic E-state index is 12.1. The van der Waals surface area contributed by atoms with Crippen LogP contribution in [0.25, 0.3) is 0 Å². The number of nitrogens with one attached hydrogen (secondary N) is 2. The van der Waals surface area contributed by atoms with Crippen LogP contribution in [0, 0.1) is 0 Å². The fourth-order valence-corrected chi connectivity index (χ4v) is 2.58. The first-order valence-electron chi connectivity index (χ1n) is 7.22. The van der Waals surface area contributed by atoms with Gasteiger partial charge in [0.05, 0.1) is 18.6 Å². The number of carbonyl (C=O) groups excluding carboxylic acids is 2. The lowest BCUT2D eigenvalue weighted by molar-refractivity contribution is -0.137. The molecule has 2 atom stereocenters. The summed E-state index contributed by atoms with van der Waals surface area (Å²) in [6, 6.07) is -0.423. The highest BCUT2D eigenvalue weighted by Gasteiger charge is 2.29. The van der Waals surface area contributed by atoms with Gasteiger partial charge in [0.25, 0.3) is 0 Å². The number of carbonyl (C=O) groups is 2. The highest BCUT2D eigenvalue weighted by molar-refractivity contribution is 5.89. The Kier molecular flexibility index (Phi) is 5.55. The molecule has 20 heavy (non-hydrogen) atoms. The van der Waals surface area contributed by atoms with Crippen LogP contribution in [0.3, 0.4) is 0 Å². The molecule has 0 aliphatic carbocycles. The summed E-state index contributed by atoms with van der Waals surface area (Å²) in [5, 5.41) is 5.94. The van der Waals surface area contributed by atoms with Crippen molar-refractivity contribution in [3.63, 3.8) is 0 Å². The smallest absolute Gasteiger partial charge is 0.240 e. The molecule has 2 amide bonds. The van der Waals surface area contributed by atoms with E-state index in [4.69, 9.17) is 4.74 Å². The van der Waals surface area contributed by atoms with E-state index < -0.39 is 6.04 Å². The summed E-state index contributed by atoms with van der Waals surface area (Å²) in [5.74, 6) is -0.129. The molecule has 2 fully saturated rings. The van der Waals surface area contributed by atoms with Gasteiger partial charge in [0.1, 0.15) is 0 Å². The summed E-state index contributed by atoms with van der Waals surface area (Å²) in [7, 11) is 0. The van der Waals surface area contributed by atoms with Gasteiger partial charge in [-0.15, -0.1) is 6.58 Å². The first-order chi connectivity index (χ1) is 9.70. The Hall–Kier alpha value is -1.40. The van der Waals surface area contributed by atoms with Crippen molar-refractivity contribution in [3.8, 4) is 0 Å². The normalized spacial score (nSPS) is 26.6. The second kappa shape index (κ2) is 7.40. The van der Waals surface area contributed by atoms with Gasteiger partial charge in [0.15, 0.2) is 0 Å². The minimum absolute atomic E-state index is 0.0246. The molecule has 2 aliphatic rings. The number of amides is 2. The van der Waals surface area contributed by atoms with E-state index in [2.05, 4.69) is 17.2 Å². The molecule has 0 radical (unpaired) electrons. The maximum absolute atomic E-state index is 12.1. The van der Waals surface area contributed by atoms with Crippen LogP contribution in [0.4, 0.5) is 0 Å². The Balaban J connectivity index is 1.74. The Bertz CT molecular complexity index is 367. The third-order valence-corrected chi connectivity index (χ3v) is 3.67. The number of hydrogen-bond acceptors (Lipinski definition) is 4. The second-order valence-electron chi connectivity index (χ2n) is 5.22. The molecule has 2 rings (SSSR count). The number of rotatable bonds is 6. The summed E-state index contributed by atoms with van der Waals surface area (Å²) in [4.78, 5) is 25.7. The monoisotopic (exact) mass is 281 g/mol. The van der Waals surface area contributed by atoms with Crippen molar-refractivity contribution < 1.29 is 14.3 Å². The standard InChI is InChI=1S/C14H23N3O3/c1-2-6-17-7-5-15-12(14(17)19)9-13(18)16-10-11-4-3-8-20-11/h2,11-12,15H,1,3-10H2,(H,16,18). The summed E-state index contributed by atoms with van der Waals surface area (Å²) in [5.41, 5.74) is 0. The van der Waals surface area contributed by atoms with Crippen LogP contribution < -0.4 is 10.6 Å². The zero-order valence-corrected chi connectivity index (χ0v) is 11.8. The Morgan fingerprint density at radius 2 is 2.45 bits per heavy atom. The molecular formula is C14H23N3O3. The van der Waals surface area contributed by atoms with Crippen molar-refractivity contribution in [2.45, 2.75) is 31.4 Å². The molecule has 2 unspecified atom stereocenters. The summed E-state index contributed by atoms with van der Waals surface area (Å²) in [6.45, 7) is 6.87. The molecule has 6 nitrogen and oxygen atoms in total. The van der Waals surface area contributed by atoms with E-state index in [1.165, 1.54) is 0 Å². The van der Waals surface area contributed by atoms with E-state index in [1.807, 2.05) is 0 Å². The van der Waals surface area contributed by atoms with Gasteiger partial charge in [-0.05, 0) is 12.8 Å². The van der Waals surface area contributed by atoms with Crippen LogP contribution in [0.1, 0.15) is 19.3 Å². The maximum Gasteiger partial charge on any atom is 0.240 e. The van der Waals surface area contributed by atoms with Crippen molar-refractivity contribution in [1.29, 1.82) is 0 Å². The van der Waals surface area contributed by atoms with Crippen molar-refractivity contribution in [2.24, 2.45) is 0 Å². The van der Waals surface area contributed by atoms with E-state index in [9.17, 15) is 9.59 Å². The van der Waals surface area contributed by atoms with Crippen molar-refractivity contribution >= 4 is 11.8 Å². The average molecular weight is 281 g/mol. The fourth-order valence-electron chi connectivity index (χ4n) is 2.58. The van der Waals surface area contributed by atoms with Crippen LogP contribution in [0.5, 0.6) is 0 Å². The van der Waals surface area contributed by atoms with Gasteiger partial charge < -0.3 is 20.3 Å². The van der Waals surface area contributed by atoms with Gasteiger partial charge in [0, 0.05) is 32.8 Å². The van der Waals surface area contributed by atoms with Gasteiger partial charge >= 0.3 is 0 Å². The molecule has 2 aliphatic heterocycles. The molecule has 0 aromatic rings. The third kappa shape index (κ3) is 4.05. The van der Waals surface area contributed by atoms with Gasteiger partial charge in [-0.3, -0.25) is 9.59 Å². The lowest BCUT2D eigenvalue weighted by atomic mass is 10.1. The van der Waals surface area contributed by atoms with E-state index in [0.29, 0.717) is 26.2 Å². The van der Waals surface area contributed by atoms with Crippen LogP contribution in [-0.2, 0) is 14.3 Å². The molecule has 0 saturated carbocycles. The Labute approximate surface area is 119 Å². The first kappa shape index (κ1) is 15.0. The van der Waals surface area contributed by atoms with Gasteiger partial charge in [-0.2, -0.15) is 0 Å². The highest BCUT2D eigenvalue weighted by Crippen LogP contribution is 2.11. The zero-order chi connectivity index (χ0) is 14.4. The Morgan fingerprint density at radius 3 is 3.15 bits per heavy atom. The molecule has 2 saturated heterocycles. The molecule has 6 heteroatoms. The molecule has 2 heterocycles. The molecule has 0 bridgehead atoms. The Morgan fingerprint density at radius 1 is 1.60 bits per heavy atom. The summed E-state index contributed by atoms with van der Waals surface area (Å²) < 4.78 is 5.45. The van der Waals surface area contributed by atoms with Gasteiger partial charge in [-0.1, -0.05) is 6.08 Å². The number of hydrogen-bond donors (Lipinski definition) is 2. The third-order valence-electron chi connectivity index (χ3n) is 3.67. The van der Waals surface area contributed by atoms with E-state index in [1.54, 1.807) is 11.0 Å². The van der Waals surface area contributed by atoms with Crippen LogP contribution in [0.15, 0.2) is 12.7 Å². The zero-order valence-electron chi connectivity index (χ0n) is 11.8. The van der Waals surface area contributed by atoms with Crippen LogP contribution in [-0.4, -0.2) is 61.6 Å². The largest absolute Gasteiger partial charge is 0.376 e. The molecule has 112 valence electrons. The van der Waals surface area contributed by atoms with E-state index >= 15 is 0 Å². The molecule has 0 aromatic heterocycles. The SMILES string of the molecule is C=CCN1CCNC(CC(=O)NCC2CCCO2)C1=O. The predicted molar refractivity (Wildman–Crippen MR) is 75.2 cm³/mol. The number of nitrogens with zero attached hydrogens (tertiary/aromatic N) is 1. The number of piperazine rings is 1. The summed E-state index contributed by atoms with van der Waals surface area (Å²) in [6.07, 6.45) is 4.07. The highest BCUT2D eigenvalue weighted by atomic mass is 16.5. The minimum atomic E-state index is -0.423. The van der Waals surface area contributed by atoms with E-state index in [-0.39, 0.29) is 24.3 Å². The first-order valence-corrected chi connectivity index (χ1v) is 7.22. The quantitative estimate of drug-likeness (QED) is 0.653. The van der Waals surface area contributed by atoms with E-state index in [0.717, 1.165) is 19.4 Å². The average Bonchev–Trinajstić information content (AvgIpc) is 2.94. The van der Waals surface area contributed by atoms with Crippen molar-refractivity contribution in [3.05, 3.63) is 12.7 Å².